The van der Waals surface area contributed by atoms with E-state index in [9.17, 15) is 0 Å². The molecule has 2 heterocycles. The second-order valence-electron chi connectivity index (χ2n) is 5.06. The minimum Gasteiger partial charge on any atom is -0.464 e. The number of hydrogen-bond donors (Lipinski definition) is 1. The molecule has 1 aromatic rings. The van der Waals surface area contributed by atoms with Gasteiger partial charge in [0, 0.05) is 6.61 Å². The lowest BCUT2D eigenvalue weighted by Gasteiger charge is -2.23. The van der Waals surface area contributed by atoms with Crippen molar-refractivity contribution < 1.29 is 9.15 Å². The van der Waals surface area contributed by atoms with Gasteiger partial charge in [0.1, 0.15) is 11.5 Å². The first kappa shape index (κ1) is 12.7. The molecule has 2 N–H and O–H groups in total. The largest absolute Gasteiger partial charge is 0.464 e. The molecular formula is C14H23NO2. The molecule has 0 saturated carbocycles. The van der Waals surface area contributed by atoms with Crippen molar-refractivity contribution >= 4 is 0 Å². The summed E-state index contributed by atoms with van der Waals surface area (Å²) in [6, 6.07) is 2.06. The Morgan fingerprint density at radius 1 is 1.41 bits per heavy atom. The fraction of sp³-hybridized carbons (Fsp3) is 0.714. The zero-order valence-electron chi connectivity index (χ0n) is 10.9. The van der Waals surface area contributed by atoms with Crippen LogP contribution in [0.5, 0.6) is 0 Å². The topological polar surface area (TPSA) is 48.4 Å². The molecular weight excluding hydrogens is 214 g/mol. The van der Waals surface area contributed by atoms with E-state index >= 15 is 0 Å². The first-order valence-corrected chi connectivity index (χ1v) is 6.61. The van der Waals surface area contributed by atoms with E-state index in [1.807, 2.05) is 6.92 Å². The Bertz CT molecular complexity index is 334. The minimum atomic E-state index is 0.00734. The van der Waals surface area contributed by atoms with Crippen molar-refractivity contribution in [3.63, 3.8) is 0 Å². The molecule has 1 fully saturated rings. The van der Waals surface area contributed by atoms with Crippen molar-refractivity contribution in [3.05, 3.63) is 23.2 Å². The number of ether oxygens (including phenoxy) is 1. The molecule has 0 spiro atoms. The van der Waals surface area contributed by atoms with Crippen molar-refractivity contribution in [3.8, 4) is 0 Å². The van der Waals surface area contributed by atoms with Gasteiger partial charge in [0.25, 0.3) is 0 Å². The second-order valence-corrected chi connectivity index (χ2v) is 5.06. The average molecular weight is 237 g/mol. The SMILES string of the molecule is Cc1cc(C(N)CCC2CCCCO2)oc1C. The van der Waals surface area contributed by atoms with Gasteiger partial charge in [-0.25, -0.2) is 0 Å². The quantitative estimate of drug-likeness (QED) is 0.874. The number of nitrogens with two attached hydrogens (primary N) is 1. The lowest BCUT2D eigenvalue weighted by Crippen LogP contribution is -2.21. The summed E-state index contributed by atoms with van der Waals surface area (Å²) in [5.74, 6) is 1.89. The maximum absolute atomic E-state index is 6.15. The van der Waals surface area contributed by atoms with Gasteiger partial charge in [-0.1, -0.05) is 0 Å². The lowest BCUT2D eigenvalue weighted by atomic mass is 10.0. The van der Waals surface area contributed by atoms with Crippen molar-refractivity contribution in [2.24, 2.45) is 5.73 Å². The molecule has 2 unspecified atom stereocenters. The maximum Gasteiger partial charge on any atom is 0.121 e. The van der Waals surface area contributed by atoms with E-state index < -0.39 is 0 Å². The van der Waals surface area contributed by atoms with E-state index in [2.05, 4.69) is 13.0 Å². The van der Waals surface area contributed by atoms with E-state index in [-0.39, 0.29) is 6.04 Å². The van der Waals surface area contributed by atoms with Crippen molar-refractivity contribution in [2.75, 3.05) is 6.61 Å². The van der Waals surface area contributed by atoms with Crippen LogP contribution in [0.4, 0.5) is 0 Å². The van der Waals surface area contributed by atoms with Crippen LogP contribution in [0, 0.1) is 13.8 Å². The molecule has 0 aromatic carbocycles. The summed E-state index contributed by atoms with van der Waals surface area (Å²) in [5, 5.41) is 0. The van der Waals surface area contributed by atoms with Crippen LogP contribution in [0.25, 0.3) is 0 Å². The number of aryl methyl sites for hydroxylation is 2. The van der Waals surface area contributed by atoms with Gasteiger partial charge in [0.2, 0.25) is 0 Å². The van der Waals surface area contributed by atoms with Crippen LogP contribution in [0.15, 0.2) is 10.5 Å². The van der Waals surface area contributed by atoms with E-state index in [4.69, 9.17) is 14.9 Å². The summed E-state index contributed by atoms with van der Waals surface area (Å²) in [6.07, 6.45) is 6.07. The molecule has 0 bridgehead atoms. The van der Waals surface area contributed by atoms with Crippen LogP contribution in [-0.4, -0.2) is 12.7 Å². The molecule has 1 aliphatic rings. The van der Waals surface area contributed by atoms with Gasteiger partial charge in [-0.3, -0.25) is 0 Å². The Morgan fingerprint density at radius 2 is 2.24 bits per heavy atom. The van der Waals surface area contributed by atoms with E-state index in [0.29, 0.717) is 6.10 Å². The van der Waals surface area contributed by atoms with Gasteiger partial charge in [-0.05, 0) is 57.6 Å². The van der Waals surface area contributed by atoms with Gasteiger partial charge >= 0.3 is 0 Å². The highest BCUT2D eigenvalue weighted by Gasteiger charge is 2.17. The Hall–Kier alpha value is -0.800. The average Bonchev–Trinajstić information content (AvgIpc) is 2.68. The highest BCUT2D eigenvalue weighted by Crippen LogP contribution is 2.25. The standard InChI is InChI=1S/C14H23NO2/c1-10-9-14(17-11(10)2)13(15)7-6-12-5-3-4-8-16-12/h9,12-13H,3-8,15H2,1-2H3. The van der Waals surface area contributed by atoms with Gasteiger partial charge < -0.3 is 14.9 Å². The van der Waals surface area contributed by atoms with Crippen LogP contribution in [-0.2, 0) is 4.74 Å². The molecule has 1 saturated heterocycles. The third-order valence-corrected chi connectivity index (χ3v) is 3.62. The van der Waals surface area contributed by atoms with Crippen LogP contribution in [0.3, 0.4) is 0 Å². The Balaban J connectivity index is 1.82. The van der Waals surface area contributed by atoms with E-state index in [0.717, 1.165) is 31.0 Å². The van der Waals surface area contributed by atoms with Gasteiger partial charge in [0.05, 0.1) is 12.1 Å². The highest BCUT2D eigenvalue weighted by molar-refractivity contribution is 5.20. The predicted molar refractivity (Wildman–Crippen MR) is 67.9 cm³/mol. The first-order chi connectivity index (χ1) is 8.16. The molecule has 17 heavy (non-hydrogen) atoms. The van der Waals surface area contributed by atoms with Crippen molar-refractivity contribution in [1.82, 2.24) is 0 Å². The fourth-order valence-corrected chi connectivity index (χ4v) is 2.33. The molecule has 1 aromatic heterocycles. The third-order valence-electron chi connectivity index (χ3n) is 3.62. The zero-order valence-corrected chi connectivity index (χ0v) is 10.9. The molecule has 96 valence electrons. The molecule has 0 aliphatic carbocycles. The van der Waals surface area contributed by atoms with Gasteiger partial charge in [-0.15, -0.1) is 0 Å². The number of rotatable bonds is 4. The minimum absolute atomic E-state index is 0.00734. The molecule has 3 nitrogen and oxygen atoms in total. The summed E-state index contributed by atoms with van der Waals surface area (Å²) >= 11 is 0. The van der Waals surface area contributed by atoms with Gasteiger partial charge in [-0.2, -0.15) is 0 Å². The monoisotopic (exact) mass is 237 g/mol. The molecule has 3 heteroatoms. The van der Waals surface area contributed by atoms with E-state index in [1.165, 1.54) is 24.8 Å². The molecule has 0 radical (unpaired) electrons. The van der Waals surface area contributed by atoms with Crippen molar-refractivity contribution in [1.29, 1.82) is 0 Å². The lowest BCUT2D eigenvalue weighted by molar-refractivity contribution is 0.00885. The maximum atomic E-state index is 6.15. The molecule has 2 rings (SSSR count). The van der Waals surface area contributed by atoms with Crippen molar-refractivity contribution in [2.45, 2.75) is 58.1 Å². The summed E-state index contributed by atoms with van der Waals surface area (Å²) in [7, 11) is 0. The summed E-state index contributed by atoms with van der Waals surface area (Å²) < 4.78 is 11.4. The summed E-state index contributed by atoms with van der Waals surface area (Å²) in [4.78, 5) is 0. The van der Waals surface area contributed by atoms with Crippen LogP contribution in [0.2, 0.25) is 0 Å². The predicted octanol–water partition coefficient (Wildman–Crippen LogP) is 3.25. The Kier molecular flexibility index (Phi) is 4.24. The first-order valence-electron chi connectivity index (χ1n) is 6.61. The normalized spacial score (nSPS) is 22.6. The second kappa shape index (κ2) is 5.69. The molecule has 2 atom stereocenters. The van der Waals surface area contributed by atoms with E-state index in [1.54, 1.807) is 0 Å². The summed E-state index contributed by atoms with van der Waals surface area (Å²) in [5.41, 5.74) is 7.33. The Morgan fingerprint density at radius 3 is 2.82 bits per heavy atom. The smallest absolute Gasteiger partial charge is 0.121 e. The summed E-state index contributed by atoms with van der Waals surface area (Å²) in [6.45, 7) is 4.95. The van der Waals surface area contributed by atoms with Crippen LogP contribution >= 0.6 is 0 Å². The van der Waals surface area contributed by atoms with Crippen LogP contribution < -0.4 is 5.73 Å². The van der Waals surface area contributed by atoms with Gasteiger partial charge in [0.15, 0.2) is 0 Å². The highest BCUT2D eigenvalue weighted by atomic mass is 16.5. The fourth-order valence-electron chi connectivity index (χ4n) is 2.33. The number of hydrogen-bond acceptors (Lipinski definition) is 3. The number of furan rings is 1. The zero-order chi connectivity index (χ0) is 12.3. The third kappa shape index (κ3) is 3.33. The molecule has 0 amide bonds. The van der Waals surface area contributed by atoms with Crippen LogP contribution in [0.1, 0.15) is 55.2 Å². The molecule has 1 aliphatic heterocycles. The Labute approximate surface area is 103 Å².